The van der Waals surface area contributed by atoms with Crippen molar-refractivity contribution in [2.75, 3.05) is 45.2 Å². The fourth-order valence-electron chi connectivity index (χ4n) is 3.23. The first-order valence-corrected chi connectivity index (χ1v) is 9.50. The van der Waals surface area contributed by atoms with Crippen LogP contribution in [-0.2, 0) is 0 Å². The van der Waals surface area contributed by atoms with Crippen molar-refractivity contribution in [3.8, 4) is 0 Å². The number of carbonyl (C=O) groups excluding carboxylic acids is 1. The molecule has 1 heterocycles. The zero-order valence-corrected chi connectivity index (χ0v) is 16.2. The molecule has 0 aliphatic carbocycles. The molecule has 2 amide bonds. The maximum atomic E-state index is 12.1. The van der Waals surface area contributed by atoms with Crippen LogP contribution in [0.25, 0.3) is 0 Å². The first-order chi connectivity index (χ1) is 12.0. The van der Waals surface area contributed by atoms with Gasteiger partial charge >= 0.3 is 6.03 Å². The topological polar surface area (TPSA) is 47.6 Å². The van der Waals surface area contributed by atoms with E-state index in [9.17, 15) is 4.79 Å². The average molecular weight is 347 g/mol. The van der Waals surface area contributed by atoms with Crippen LogP contribution < -0.4 is 15.5 Å². The molecule has 1 atom stereocenters. The maximum absolute atomic E-state index is 12.1. The number of nitrogens with zero attached hydrogens (tertiary/aromatic N) is 2. The van der Waals surface area contributed by atoms with Crippen LogP contribution in [0, 0.1) is 5.92 Å². The highest BCUT2D eigenvalue weighted by Gasteiger charge is 2.23. The lowest BCUT2D eigenvalue weighted by molar-refractivity contribution is 0.160. The molecule has 1 fully saturated rings. The number of piperidine rings is 1. The molecule has 1 aliphatic heterocycles. The predicted molar refractivity (Wildman–Crippen MR) is 105 cm³/mol. The van der Waals surface area contributed by atoms with Crippen molar-refractivity contribution in [1.82, 2.24) is 15.5 Å². The van der Waals surface area contributed by atoms with Crippen LogP contribution in [0.3, 0.4) is 0 Å². The molecule has 140 valence electrons. The van der Waals surface area contributed by atoms with E-state index in [1.54, 1.807) is 0 Å². The molecule has 0 aromatic heterocycles. The summed E-state index contributed by atoms with van der Waals surface area (Å²) in [5.41, 5.74) is 2.47. The van der Waals surface area contributed by atoms with E-state index in [1.165, 1.54) is 30.5 Å². The Morgan fingerprint density at radius 1 is 1.04 bits per heavy atom. The van der Waals surface area contributed by atoms with Crippen LogP contribution in [0.1, 0.15) is 44.7 Å². The Morgan fingerprint density at radius 2 is 1.64 bits per heavy atom. The fraction of sp³-hybridized carbons (Fsp3) is 0.650. The second kappa shape index (κ2) is 9.66. The van der Waals surface area contributed by atoms with E-state index in [-0.39, 0.29) is 12.1 Å². The summed E-state index contributed by atoms with van der Waals surface area (Å²) in [6, 6.07) is 8.88. The summed E-state index contributed by atoms with van der Waals surface area (Å²) >= 11 is 0. The van der Waals surface area contributed by atoms with Gasteiger partial charge in [0.2, 0.25) is 0 Å². The summed E-state index contributed by atoms with van der Waals surface area (Å²) < 4.78 is 0. The SMILES string of the molecule is CC(C)CNC(=O)NCC(c1ccc(N(C)C)cc1)N1CCCCC1. The Hall–Kier alpha value is -1.75. The van der Waals surface area contributed by atoms with Gasteiger partial charge in [-0.1, -0.05) is 32.4 Å². The first-order valence-electron chi connectivity index (χ1n) is 9.50. The summed E-state index contributed by atoms with van der Waals surface area (Å²) in [4.78, 5) is 16.7. The van der Waals surface area contributed by atoms with Gasteiger partial charge in [-0.3, -0.25) is 4.90 Å². The van der Waals surface area contributed by atoms with Crippen molar-refractivity contribution in [3.63, 3.8) is 0 Å². The van der Waals surface area contributed by atoms with Gasteiger partial charge in [0.25, 0.3) is 0 Å². The second-order valence-electron chi connectivity index (χ2n) is 7.58. The molecule has 1 aromatic rings. The van der Waals surface area contributed by atoms with E-state index in [4.69, 9.17) is 0 Å². The molecule has 1 aliphatic rings. The van der Waals surface area contributed by atoms with E-state index in [2.05, 4.69) is 72.6 Å². The maximum Gasteiger partial charge on any atom is 0.314 e. The summed E-state index contributed by atoms with van der Waals surface area (Å²) in [5, 5.41) is 6.01. The number of hydrogen-bond acceptors (Lipinski definition) is 3. The first kappa shape index (κ1) is 19.6. The number of nitrogens with one attached hydrogen (secondary N) is 2. The Balaban J connectivity index is 2.03. The number of likely N-dealkylation sites (tertiary alicyclic amines) is 1. The summed E-state index contributed by atoms with van der Waals surface area (Å²) in [6.45, 7) is 7.76. The quantitative estimate of drug-likeness (QED) is 0.797. The summed E-state index contributed by atoms with van der Waals surface area (Å²) in [5.74, 6) is 0.460. The minimum atomic E-state index is -0.0689. The minimum absolute atomic E-state index is 0.0689. The highest BCUT2D eigenvalue weighted by molar-refractivity contribution is 5.73. The molecule has 0 saturated carbocycles. The van der Waals surface area contributed by atoms with Crippen molar-refractivity contribution in [3.05, 3.63) is 29.8 Å². The van der Waals surface area contributed by atoms with E-state index >= 15 is 0 Å². The van der Waals surface area contributed by atoms with Gasteiger partial charge in [0.15, 0.2) is 0 Å². The molecule has 0 spiro atoms. The normalized spacial score (nSPS) is 16.5. The highest BCUT2D eigenvalue weighted by atomic mass is 16.2. The smallest absolute Gasteiger partial charge is 0.314 e. The minimum Gasteiger partial charge on any atom is -0.378 e. The third-order valence-electron chi connectivity index (χ3n) is 4.75. The van der Waals surface area contributed by atoms with Gasteiger partial charge in [0.1, 0.15) is 0 Å². The number of hydrogen-bond donors (Lipinski definition) is 2. The van der Waals surface area contributed by atoms with Gasteiger partial charge in [-0.2, -0.15) is 0 Å². The Morgan fingerprint density at radius 3 is 2.20 bits per heavy atom. The lowest BCUT2D eigenvalue weighted by Gasteiger charge is -2.35. The van der Waals surface area contributed by atoms with Crippen molar-refractivity contribution < 1.29 is 4.79 Å². The van der Waals surface area contributed by atoms with Crippen LogP contribution in [0.4, 0.5) is 10.5 Å². The van der Waals surface area contributed by atoms with Crippen LogP contribution in [-0.4, -0.2) is 51.2 Å². The van der Waals surface area contributed by atoms with Crippen LogP contribution in [0.15, 0.2) is 24.3 Å². The van der Waals surface area contributed by atoms with Crippen LogP contribution in [0.2, 0.25) is 0 Å². The van der Waals surface area contributed by atoms with Gasteiger partial charge in [0.05, 0.1) is 6.04 Å². The molecule has 25 heavy (non-hydrogen) atoms. The Labute approximate surface area is 152 Å². The number of amides is 2. The van der Waals surface area contributed by atoms with Gasteiger partial charge in [-0.15, -0.1) is 0 Å². The van der Waals surface area contributed by atoms with Crippen molar-refractivity contribution in [2.24, 2.45) is 5.92 Å². The number of rotatable bonds is 7. The van der Waals surface area contributed by atoms with Gasteiger partial charge in [-0.05, 0) is 49.5 Å². The molecule has 0 bridgehead atoms. The molecule has 1 saturated heterocycles. The predicted octanol–water partition coefficient (Wildman–Crippen LogP) is 3.23. The molecule has 5 nitrogen and oxygen atoms in total. The van der Waals surface area contributed by atoms with Gasteiger partial charge in [-0.25, -0.2) is 4.79 Å². The van der Waals surface area contributed by atoms with Gasteiger partial charge < -0.3 is 15.5 Å². The molecule has 1 aromatic carbocycles. The molecule has 1 unspecified atom stereocenters. The third kappa shape index (κ3) is 6.24. The van der Waals surface area contributed by atoms with Crippen molar-refractivity contribution >= 4 is 11.7 Å². The lowest BCUT2D eigenvalue weighted by atomic mass is 10.0. The third-order valence-corrected chi connectivity index (χ3v) is 4.75. The highest BCUT2D eigenvalue weighted by Crippen LogP contribution is 2.25. The molecule has 5 heteroatoms. The zero-order valence-electron chi connectivity index (χ0n) is 16.2. The average Bonchev–Trinajstić information content (AvgIpc) is 2.61. The number of urea groups is 1. The van der Waals surface area contributed by atoms with Crippen LogP contribution >= 0.6 is 0 Å². The van der Waals surface area contributed by atoms with E-state index < -0.39 is 0 Å². The van der Waals surface area contributed by atoms with E-state index in [0.717, 1.165) is 13.1 Å². The number of anilines is 1. The fourth-order valence-corrected chi connectivity index (χ4v) is 3.23. The zero-order chi connectivity index (χ0) is 18.2. The van der Waals surface area contributed by atoms with Crippen LogP contribution in [0.5, 0.6) is 0 Å². The van der Waals surface area contributed by atoms with E-state index in [1.807, 2.05) is 0 Å². The largest absolute Gasteiger partial charge is 0.378 e. The monoisotopic (exact) mass is 346 g/mol. The molecule has 2 rings (SSSR count). The Bertz CT molecular complexity index is 521. The number of carbonyl (C=O) groups is 1. The molecular formula is C20H34N4O. The summed E-state index contributed by atoms with van der Waals surface area (Å²) in [6.07, 6.45) is 3.79. The molecular weight excluding hydrogens is 312 g/mol. The second-order valence-corrected chi connectivity index (χ2v) is 7.58. The number of benzene rings is 1. The molecule has 2 N–H and O–H groups in total. The summed E-state index contributed by atoms with van der Waals surface area (Å²) in [7, 11) is 4.11. The van der Waals surface area contributed by atoms with Crippen molar-refractivity contribution in [1.29, 1.82) is 0 Å². The van der Waals surface area contributed by atoms with Crippen molar-refractivity contribution in [2.45, 2.75) is 39.2 Å². The lowest BCUT2D eigenvalue weighted by Crippen LogP contribution is -2.44. The van der Waals surface area contributed by atoms with Gasteiger partial charge in [0, 0.05) is 32.9 Å². The van der Waals surface area contributed by atoms with E-state index in [0.29, 0.717) is 19.0 Å². The standard InChI is InChI=1S/C20H34N4O/c1-16(2)14-21-20(25)22-15-19(24-12-6-5-7-13-24)17-8-10-18(11-9-17)23(3)4/h8-11,16,19H,5-7,12-15H2,1-4H3,(H2,21,22,25). The molecule has 0 radical (unpaired) electrons. The Kier molecular flexibility index (Phi) is 7.56.